The number of nitrogens with one attached hydrogen (secondary N) is 1. The summed E-state index contributed by atoms with van der Waals surface area (Å²) in [5.74, 6) is -1.03. The lowest BCUT2D eigenvalue weighted by Gasteiger charge is -2.30. The van der Waals surface area contributed by atoms with Crippen LogP contribution in [-0.2, 0) is 26.2 Å². The summed E-state index contributed by atoms with van der Waals surface area (Å²) >= 11 is 0. The van der Waals surface area contributed by atoms with E-state index in [0.717, 1.165) is 25.7 Å². The van der Waals surface area contributed by atoms with Crippen LogP contribution in [0.2, 0.25) is 0 Å². The molecule has 1 fully saturated rings. The first kappa shape index (κ1) is 26.8. The molecule has 0 bridgehead atoms. The lowest BCUT2D eigenvalue weighted by molar-refractivity contribution is -0.141. The highest BCUT2D eigenvalue weighted by atomic mass is 32.2. The molecule has 0 saturated heterocycles. The Kier molecular flexibility index (Phi) is 9.40. The van der Waals surface area contributed by atoms with Crippen molar-refractivity contribution in [3.8, 4) is 0 Å². The fourth-order valence-electron chi connectivity index (χ4n) is 4.27. The van der Waals surface area contributed by atoms with E-state index in [9.17, 15) is 22.4 Å². The van der Waals surface area contributed by atoms with Crippen LogP contribution >= 0.6 is 0 Å². The molecule has 0 unspecified atom stereocenters. The van der Waals surface area contributed by atoms with Gasteiger partial charge in [0.15, 0.2) is 0 Å². The second-order valence-electron chi connectivity index (χ2n) is 9.02. The zero-order chi connectivity index (χ0) is 25.4. The molecule has 7 nitrogen and oxygen atoms in total. The monoisotopic (exact) mass is 503 g/mol. The van der Waals surface area contributed by atoms with Gasteiger partial charge in [0.05, 0.1) is 4.90 Å². The molecule has 0 radical (unpaired) electrons. The lowest BCUT2D eigenvalue weighted by Crippen LogP contribution is -2.49. The third-order valence-electron chi connectivity index (χ3n) is 6.48. The van der Waals surface area contributed by atoms with Crippen molar-refractivity contribution >= 4 is 21.8 Å². The number of nitrogens with zero attached hydrogens (tertiary/aromatic N) is 2. The lowest BCUT2D eigenvalue weighted by atomic mass is 10.1. The van der Waals surface area contributed by atoms with Crippen LogP contribution in [0, 0.1) is 5.82 Å². The minimum atomic E-state index is -3.66. The Morgan fingerprint density at radius 3 is 2.34 bits per heavy atom. The largest absolute Gasteiger partial charge is 0.352 e. The van der Waals surface area contributed by atoms with E-state index in [1.165, 1.54) is 34.5 Å². The van der Waals surface area contributed by atoms with Crippen molar-refractivity contribution in [1.82, 2.24) is 14.5 Å². The molecule has 1 aliphatic carbocycles. The van der Waals surface area contributed by atoms with Crippen molar-refractivity contribution in [2.45, 2.75) is 69.0 Å². The molecule has 0 spiro atoms. The number of benzene rings is 2. The van der Waals surface area contributed by atoms with Crippen LogP contribution in [0.1, 0.15) is 51.0 Å². The normalized spacial score (nSPS) is 15.2. The van der Waals surface area contributed by atoms with Crippen molar-refractivity contribution in [3.63, 3.8) is 0 Å². The topological polar surface area (TPSA) is 86.8 Å². The minimum absolute atomic E-state index is 0.0319. The van der Waals surface area contributed by atoms with Gasteiger partial charge in [0.25, 0.3) is 0 Å². The molecule has 9 heteroatoms. The van der Waals surface area contributed by atoms with Gasteiger partial charge in [-0.3, -0.25) is 9.59 Å². The summed E-state index contributed by atoms with van der Waals surface area (Å²) in [5.41, 5.74) is 0.324. The van der Waals surface area contributed by atoms with Gasteiger partial charge in [-0.1, -0.05) is 49.2 Å². The first-order valence-corrected chi connectivity index (χ1v) is 13.5. The summed E-state index contributed by atoms with van der Waals surface area (Å²) in [5, 5.41) is 3.01. The fourth-order valence-corrected chi connectivity index (χ4v) is 5.50. The number of sulfonamides is 1. The highest BCUT2D eigenvalue weighted by Crippen LogP contribution is 2.20. The van der Waals surface area contributed by atoms with Gasteiger partial charge in [0.1, 0.15) is 11.9 Å². The van der Waals surface area contributed by atoms with Crippen LogP contribution in [0.3, 0.4) is 0 Å². The first-order chi connectivity index (χ1) is 16.7. The average Bonchev–Trinajstić information content (AvgIpc) is 3.36. The molecule has 1 atom stereocenters. The maximum Gasteiger partial charge on any atom is 0.242 e. The number of carbonyl (C=O) groups is 2. The number of hydrogen-bond acceptors (Lipinski definition) is 4. The van der Waals surface area contributed by atoms with Crippen molar-refractivity contribution in [2.24, 2.45) is 0 Å². The van der Waals surface area contributed by atoms with Crippen LogP contribution < -0.4 is 5.32 Å². The predicted octanol–water partition coefficient (Wildman–Crippen LogP) is 3.70. The van der Waals surface area contributed by atoms with Gasteiger partial charge < -0.3 is 10.2 Å². The van der Waals surface area contributed by atoms with Crippen LogP contribution in [0.25, 0.3) is 0 Å². The number of rotatable bonds is 11. The second-order valence-corrected chi connectivity index (χ2v) is 11.1. The van der Waals surface area contributed by atoms with Crippen LogP contribution in [0.4, 0.5) is 4.39 Å². The quantitative estimate of drug-likeness (QED) is 0.507. The molecule has 0 aliphatic heterocycles. The summed E-state index contributed by atoms with van der Waals surface area (Å²) in [6.07, 6.45) is 4.27. The molecule has 1 aliphatic rings. The molecule has 190 valence electrons. The molecule has 2 aromatic rings. The van der Waals surface area contributed by atoms with E-state index in [1.54, 1.807) is 43.3 Å². The summed E-state index contributed by atoms with van der Waals surface area (Å²) in [6.45, 7) is 1.75. The zero-order valence-corrected chi connectivity index (χ0v) is 21.1. The van der Waals surface area contributed by atoms with E-state index in [1.807, 2.05) is 0 Å². The van der Waals surface area contributed by atoms with E-state index in [-0.39, 0.29) is 48.7 Å². The molecule has 1 saturated carbocycles. The van der Waals surface area contributed by atoms with Crippen molar-refractivity contribution < 1.29 is 22.4 Å². The van der Waals surface area contributed by atoms with E-state index in [0.29, 0.717) is 5.56 Å². The number of amides is 2. The predicted molar refractivity (Wildman–Crippen MR) is 132 cm³/mol. The van der Waals surface area contributed by atoms with Gasteiger partial charge in [0.2, 0.25) is 21.8 Å². The number of halogens is 1. The van der Waals surface area contributed by atoms with Crippen LogP contribution in [0.15, 0.2) is 59.5 Å². The Morgan fingerprint density at radius 2 is 1.69 bits per heavy atom. The molecule has 1 N–H and O–H groups in total. The van der Waals surface area contributed by atoms with E-state index < -0.39 is 21.9 Å². The standard InChI is InChI=1S/C26H34FN3O4S/c1-20(26(32)28-22-12-7-8-13-22)30(19-21-11-6-9-16-24(21)27)25(31)17-10-18-29(2)35(33,34)23-14-4-3-5-15-23/h3-6,9,11,14-16,20,22H,7-8,10,12-13,17-19H2,1-2H3,(H,28,32)/t20-/m0/s1. The Bertz CT molecular complexity index is 1100. The van der Waals surface area contributed by atoms with E-state index in [4.69, 9.17) is 0 Å². The minimum Gasteiger partial charge on any atom is -0.352 e. The van der Waals surface area contributed by atoms with Gasteiger partial charge in [-0.05, 0) is 44.4 Å². The zero-order valence-electron chi connectivity index (χ0n) is 20.3. The number of hydrogen-bond donors (Lipinski definition) is 1. The summed E-state index contributed by atoms with van der Waals surface area (Å²) in [7, 11) is -2.19. The summed E-state index contributed by atoms with van der Waals surface area (Å²) < 4.78 is 41.0. The SMILES string of the molecule is C[C@@H](C(=O)NC1CCCC1)N(Cc1ccccc1F)C(=O)CCCN(C)S(=O)(=O)c1ccccc1. The maximum atomic E-state index is 14.3. The third-order valence-corrected chi connectivity index (χ3v) is 8.35. The van der Waals surface area contributed by atoms with Crippen LogP contribution in [0.5, 0.6) is 0 Å². The van der Waals surface area contributed by atoms with Gasteiger partial charge in [-0.15, -0.1) is 0 Å². The molecular formula is C26H34FN3O4S. The van der Waals surface area contributed by atoms with Crippen molar-refractivity contribution in [1.29, 1.82) is 0 Å². The highest BCUT2D eigenvalue weighted by Gasteiger charge is 2.29. The molecule has 35 heavy (non-hydrogen) atoms. The molecule has 2 aromatic carbocycles. The Hall–Kier alpha value is -2.78. The Balaban J connectivity index is 1.66. The number of carbonyl (C=O) groups excluding carboxylic acids is 2. The van der Waals surface area contributed by atoms with Crippen molar-refractivity contribution in [3.05, 3.63) is 66.0 Å². The Labute approximate surface area is 207 Å². The van der Waals surface area contributed by atoms with Crippen molar-refractivity contribution in [2.75, 3.05) is 13.6 Å². The molecule has 2 amide bonds. The van der Waals surface area contributed by atoms with Gasteiger partial charge in [0, 0.05) is 38.2 Å². The average molecular weight is 504 g/mol. The van der Waals surface area contributed by atoms with Crippen LogP contribution in [-0.4, -0.2) is 55.1 Å². The fraction of sp³-hybridized carbons (Fsp3) is 0.462. The Morgan fingerprint density at radius 1 is 1.06 bits per heavy atom. The highest BCUT2D eigenvalue weighted by molar-refractivity contribution is 7.89. The molecule has 0 aromatic heterocycles. The summed E-state index contributed by atoms with van der Waals surface area (Å²) in [4.78, 5) is 27.7. The smallest absolute Gasteiger partial charge is 0.242 e. The van der Waals surface area contributed by atoms with Gasteiger partial charge in [-0.25, -0.2) is 17.1 Å². The summed E-state index contributed by atoms with van der Waals surface area (Å²) in [6, 6.07) is 13.6. The maximum absolute atomic E-state index is 14.3. The third kappa shape index (κ3) is 7.11. The van der Waals surface area contributed by atoms with E-state index >= 15 is 0 Å². The van der Waals surface area contributed by atoms with E-state index in [2.05, 4.69) is 5.32 Å². The molecule has 3 rings (SSSR count). The van der Waals surface area contributed by atoms with Gasteiger partial charge >= 0.3 is 0 Å². The molecular weight excluding hydrogens is 469 g/mol. The second kappa shape index (κ2) is 12.3. The first-order valence-electron chi connectivity index (χ1n) is 12.0. The molecule has 0 heterocycles. The van der Waals surface area contributed by atoms with Gasteiger partial charge in [-0.2, -0.15) is 0 Å².